The number of benzene rings is 1. The fraction of sp³-hybridized carbons (Fsp3) is 0.250. The van der Waals surface area contributed by atoms with E-state index in [1.54, 1.807) is 18.3 Å². The maximum atomic E-state index is 12.0. The number of carbonyl (C=O) groups is 1. The van der Waals surface area contributed by atoms with E-state index in [1.165, 1.54) is 11.1 Å². The van der Waals surface area contributed by atoms with Crippen molar-refractivity contribution in [2.45, 2.75) is 26.2 Å². The summed E-state index contributed by atoms with van der Waals surface area (Å²) in [6.45, 7) is 4.12. The third-order valence-electron chi connectivity index (χ3n) is 3.28. The van der Waals surface area contributed by atoms with Gasteiger partial charge in [-0.2, -0.15) is 0 Å². The molecule has 0 bridgehead atoms. The van der Waals surface area contributed by atoms with Crippen molar-refractivity contribution in [1.82, 2.24) is 4.98 Å². The number of nitrogen functional groups attached to an aromatic ring is 1. The van der Waals surface area contributed by atoms with Crippen LogP contribution in [0.3, 0.4) is 0 Å². The van der Waals surface area contributed by atoms with Crippen molar-refractivity contribution in [3.63, 3.8) is 0 Å². The third kappa shape index (κ3) is 4.76. The van der Waals surface area contributed by atoms with Crippen LogP contribution in [-0.2, 0) is 4.79 Å². The van der Waals surface area contributed by atoms with E-state index in [0.717, 1.165) is 0 Å². The van der Waals surface area contributed by atoms with E-state index in [-0.39, 0.29) is 24.2 Å². The molecular weight excluding hydrogens is 286 g/mol. The van der Waals surface area contributed by atoms with Gasteiger partial charge < -0.3 is 11.1 Å². The molecule has 1 aromatic carbocycles. The number of nitrogens with two attached hydrogens (primary N) is 1. The van der Waals surface area contributed by atoms with Gasteiger partial charge in [0.2, 0.25) is 5.91 Å². The zero-order chi connectivity index (χ0) is 14.5. The van der Waals surface area contributed by atoms with Gasteiger partial charge in [-0.3, -0.25) is 4.79 Å². The van der Waals surface area contributed by atoms with Gasteiger partial charge in [0.15, 0.2) is 0 Å². The van der Waals surface area contributed by atoms with Gasteiger partial charge in [0.1, 0.15) is 5.82 Å². The van der Waals surface area contributed by atoms with Gasteiger partial charge in [-0.05, 0) is 36.1 Å². The molecule has 0 saturated heterocycles. The molecule has 1 unspecified atom stereocenters. The second-order valence-corrected chi connectivity index (χ2v) is 4.98. The highest BCUT2D eigenvalue weighted by molar-refractivity contribution is 5.91. The highest BCUT2D eigenvalue weighted by atomic mass is 35.5. The van der Waals surface area contributed by atoms with Crippen LogP contribution in [0.15, 0.2) is 42.6 Å². The number of hydrogen-bond acceptors (Lipinski definition) is 3. The van der Waals surface area contributed by atoms with Crippen LogP contribution in [0.5, 0.6) is 0 Å². The number of aromatic nitrogens is 1. The van der Waals surface area contributed by atoms with Gasteiger partial charge in [0.25, 0.3) is 0 Å². The summed E-state index contributed by atoms with van der Waals surface area (Å²) in [6.07, 6.45) is 2.00. The van der Waals surface area contributed by atoms with Crippen LogP contribution in [0.25, 0.3) is 0 Å². The molecule has 1 aromatic heterocycles. The van der Waals surface area contributed by atoms with Crippen molar-refractivity contribution in [3.8, 4) is 0 Å². The predicted octanol–water partition coefficient (Wildman–Crippen LogP) is 3.53. The first-order chi connectivity index (χ1) is 9.56. The molecule has 0 radical (unpaired) electrons. The summed E-state index contributed by atoms with van der Waals surface area (Å²) in [5, 5.41) is 2.83. The number of anilines is 2. The van der Waals surface area contributed by atoms with Crippen LogP contribution in [-0.4, -0.2) is 10.9 Å². The fourth-order valence-electron chi connectivity index (χ4n) is 2.22. The van der Waals surface area contributed by atoms with E-state index in [2.05, 4.69) is 36.3 Å². The van der Waals surface area contributed by atoms with Crippen LogP contribution in [0.2, 0.25) is 0 Å². The second kappa shape index (κ2) is 7.64. The minimum atomic E-state index is -0.0210. The highest BCUT2D eigenvalue weighted by Crippen LogP contribution is 2.22. The zero-order valence-electron chi connectivity index (χ0n) is 12.2. The number of hydrogen-bond donors (Lipinski definition) is 2. The van der Waals surface area contributed by atoms with Gasteiger partial charge in [0.05, 0.1) is 11.9 Å². The number of halogens is 1. The number of nitrogens with zero attached hydrogens (tertiary/aromatic N) is 1. The standard InChI is InChI=1S/C16H19N3O.ClH/c1-11-5-3-4-6-14(11)12(2)9-16(20)19-13-7-8-15(17)18-10-13;/h3-8,10,12H,9H2,1-2H3,(H2,17,18)(H,19,20);1H. The van der Waals surface area contributed by atoms with Gasteiger partial charge in [-0.25, -0.2) is 4.98 Å². The van der Waals surface area contributed by atoms with Gasteiger partial charge in [-0.15, -0.1) is 12.4 Å². The van der Waals surface area contributed by atoms with Crippen molar-refractivity contribution in [3.05, 3.63) is 53.7 Å². The molecule has 0 fully saturated rings. The highest BCUT2D eigenvalue weighted by Gasteiger charge is 2.13. The van der Waals surface area contributed by atoms with Crippen LogP contribution in [0, 0.1) is 6.92 Å². The molecule has 1 heterocycles. The third-order valence-corrected chi connectivity index (χ3v) is 3.28. The van der Waals surface area contributed by atoms with Crippen molar-refractivity contribution >= 4 is 29.8 Å². The summed E-state index contributed by atoms with van der Waals surface area (Å²) in [4.78, 5) is 16.0. The minimum absolute atomic E-state index is 0. The molecule has 0 aliphatic carbocycles. The zero-order valence-corrected chi connectivity index (χ0v) is 13.0. The molecule has 5 heteroatoms. The Kier molecular flexibility index (Phi) is 6.18. The van der Waals surface area contributed by atoms with Gasteiger partial charge in [-0.1, -0.05) is 31.2 Å². The normalized spacial score (nSPS) is 11.3. The number of rotatable bonds is 4. The Balaban J connectivity index is 0.00000220. The van der Waals surface area contributed by atoms with Crippen LogP contribution in [0.4, 0.5) is 11.5 Å². The van der Waals surface area contributed by atoms with Crippen LogP contribution < -0.4 is 11.1 Å². The monoisotopic (exact) mass is 305 g/mol. The maximum absolute atomic E-state index is 12.0. The molecule has 1 atom stereocenters. The molecule has 112 valence electrons. The van der Waals surface area contributed by atoms with Crippen LogP contribution >= 0.6 is 12.4 Å². The Bertz CT molecular complexity index is 599. The molecule has 21 heavy (non-hydrogen) atoms. The first kappa shape index (κ1) is 17.0. The van der Waals surface area contributed by atoms with E-state index in [4.69, 9.17) is 5.73 Å². The van der Waals surface area contributed by atoms with E-state index in [9.17, 15) is 4.79 Å². The van der Waals surface area contributed by atoms with Gasteiger partial charge >= 0.3 is 0 Å². The molecule has 4 nitrogen and oxygen atoms in total. The molecule has 2 aromatic rings. The number of nitrogens with one attached hydrogen (secondary N) is 1. The number of aryl methyl sites for hydroxylation is 1. The van der Waals surface area contributed by atoms with Crippen molar-refractivity contribution in [2.75, 3.05) is 11.1 Å². The Morgan fingerprint density at radius 2 is 2.00 bits per heavy atom. The first-order valence-corrected chi connectivity index (χ1v) is 6.63. The molecule has 0 aliphatic heterocycles. The maximum Gasteiger partial charge on any atom is 0.225 e. The van der Waals surface area contributed by atoms with E-state index >= 15 is 0 Å². The van der Waals surface area contributed by atoms with Crippen molar-refractivity contribution in [2.24, 2.45) is 0 Å². The summed E-state index contributed by atoms with van der Waals surface area (Å²) >= 11 is 0. The molecule has 0 saturated carbocycles. The van der Waals surface area contributed by atoms with Crippen molar-refractivity contribution < 1.29 is 4.79 Å². The number of amides is 1. The number of pyridine rings is 1. The largest absolute Gasteiger partial charge is 0.384 e. The Morgan fingerprint density at radius 3 is 2.62 bits per heavy atom. The summed E-state index contributed by atoms with van der Waals surface area (Å²) < 4.78 is 0. The summed E-state index contributed by atoms with van der Waals surface area (Å²) in [7, 11) is 0. The summed E-state index contributed by atoms with van der Waals surface area (Å²) in [6, 6.07) is 11.6. The van der Waals surface area contributed by atoms with Gasteiger partial charge in [0, 0.05) is 6.42 Å². The average Bonchev–Trinajstić information content (AvgIpc) is 2.41. The van der Waals surface area contributed by atoms with E-state index in [0.29, 0.717) is 17.9 Å². The SMILES string of the molecule is Cc1ccccc1C(C)CC(=O)Nc1ccc(N)nc1.Cl. The van der Waals surface area contributed by atoms with Crippen LogP contribution in [0.1, 0.15) is 30.4 Å². The Hall–Kier alpha value is -2.07. The predicted molar refractivity (Wildman–Crippen MR) is 88.7 cm³/mol. The topological polar surface area (TPSA) is 68.0 Å². The van der Waals surface area contributed by atoms with Crippen molar-refractivity contribution in [1.29, 1.82) is 0 Å². The molecule has 0 spiro atoms. The average molecular weight is 306 g/mol. The van der Waals surface area contributed by atoms with E-state index < -0.39 is 0 Å². The quantitative estimate of drug-likeness (QED) is 0.908. The molecule has 2 rings (SSSR count). The Labute approximate surface area is 131 Å². The fourth-order valence-corrected chi connectivity index (χ4v) is 2.22. The molecule has 3 N–H and O–H groups in total. The smallest absolute Gasteiger partial charge is 0.225 e. The molecular formula is C16H20ClN3O. The lowest BCUT2D eigenvalue weighted by Gasteiger charge is -2.14. The Morgan fingerprint density at radius 1 is 1.29 bits per heavy atom. The lowest BCUT2D eigenvalue weighted by molar-refractivity contribution is -0.116. The molecule has 1 amide bonds. The lowest BCUT2D eigenvalue weighted by Crippen LogP contribution is -2.15. The second-order valence-electron chi connectivity index (χ2n) is 4.98. The lowest BCUT2D eigenvalue weighted by atomic mass is 9.93. The van der Waals surface area contributed by atoms with E-state index in [1.807, 2.05) is 12.1 Å². The summed E-state index contributed by atoms with van der Waals surface area (Å²) in [5.41, 5.74) is 8.59. The number of carbonyl (C=O) groups excluding carboxylic acids is 1. The summed E-state index contributed by atoms with van der Waals surface area (Å²) in [5.74, 6) is 0.599. The minimum Gasteiger partial charge on any atom is -0.384 e. The molecule has 0 aliphatic rings. The first-order valence-electron chi connectivity index (χ1n) is 6.63.